The lowest BCUT2D eigenvalue weighted by molar-refractivity contribution is -0.302. The number of unbranched alkanes of at least 4 members (excludes halogenated alkanes) is 29. The zero-order valence-corrected chi connectivity index (χ0v) is 46.6. The van der Waals surface area contributed by atoms with E-state index in [-0.39, 0.29) is 18.5 Å². The van der Waals surface area contributed by atoms with E-state index in [1.165, 1.54) is 148 Å². The minimum absolute atomic E-state index is 0.0639. The first-order valence-corrected chi connectivity index (χ1v) is 30.1. The molecule has 0 radical (unpaired) electrons. The maximum atomic E-state index is 13.0. The minimum atomic E-state index is -1.57. The van der Waals surface area contributed by atoms with E-state index in [0.717, 1.165) is 83.5 Å². The number of carbonyl (C=O) groups excluding carboxylic acids is 2. The molecule has 1 heterocycles. The minimum Gasteiger partial charge on any atom is -0.465 e. The Hall–Kier alpha value is -2.64. The van der Waals surface area contributed by atoms with Crippen LogP contribution in [0.25, 0.3) is 0 Å². The zero-order chi connectivity index (χ0) is 53.1. The zero-order valence-electron chi connectivity index (χ0n) is 46.6. The number of carbonyl (C=O) groups is 2. The van der Waals surface area contributed by atoms with Crippen molar-refractivity contribution in [2.24, 2.45) is 0 Å². The monoisotopic (exact) mass is 1030 g/mol. The van der Waals surface area contributed by atoms with Crippen molar-refractivity contribution >= 4 is 11.9 Å². The largest absolute Gasteiger partial charge is 0.465 e. The molecule has 11 heteroatoms. The summed E-state index contributed by atoms with van der Waals surface area (Å²) < 4.78 is 16.6. The summed E-state index contributed by atoms with van der Waals surface area (Å²) in [5, 5.41) is 54.3. The average molecular weight is 1030 g/mol. The third kappa shape index (κ3) is 41.2. The van der Waals surface area contributed by atoms with Crippen molar-refractivity contribution in [1.82, 2.24) is 5.32 Å². The van der Waals surface area contributed by atoms with Crippen LogP contribution in [0.4, 0.5) is 0 Å². The van der Waals surface area contributed by atoms with E-state index in [4.69, 9.17) is 14.2 Å². The number of nitrogens with one attached hydrogen (secondary N) is 1. The predicted molar refractivity (Wildman–Crippen MR) is 301 cm³/mol. The van der Waals surface area contributed by atoms with E-state index in [1.807, 2.05) is 6.08 Å². The van der Waals surface area contributed by atoms with Crippen LogP contribution in [0.15, 0.2) is 60.8 Å². The highest BCUT2D eigenvalue weighted by atomic mass is 16.7. The summed E-state index contributed by atoms with van der Waals surface area (Å²) in [7, 11) is 0. The standard InChI is InChI=1S/C62H111NO10/c1-3-5-7-9-11-13-15-16-27-30-34-38-42-46-50-58(67)71-51-47-43-39-35-31-28-25-23-21-19-17-18-20-22-24-26-29-33-37-41-45-49-57(66)63-54(53-72-62-61(70)60(69)59(68)56(52-64)73-62)55(65)48-44-40-36-32-14-12-10-8-6-4-2/h9,11,15-16,28,31,39,43-44,48,54-56,59-62,64-65,68-70H,3-8,10,12-14,17-27,29-30,32-38,40-42,45-47,49-53H2,1-2H3,(H,63,66)/b11-9-,16-15-,31-28-,43-39-,48-44+. The summed E-state index contributed by atoms with van der Waals surface area (Å²) in [6, 6.07) is -0.814. The van der Waals surface area contributed by atoms with Gasteiger partial charge >= 0.3 is 5.97 Å². The molecule has 0 spiro atoms. The molecule has 0 saturated carbocycles. The van der Waals surface area contributed by atoms with Crippen LogP contribution in [0.3, 0.4) is 0 Å². The van der Waals surface area contributed by atoms with Gasteiger partial charge in [0.1, 0.15) is 24.4 Å². The molecule has 1 rings (SSSR count). The van der Waals surface area contributed by atoms with Crippen molar-refractivity contribution in [3.63, 3.8) is 0 Å². The molecule has 1 aliphatic rings. The van der Waals surface area contributed by atoms with E-state index < -0.39 is 49.5 Å². The Bertz CT molecular complexity index is 1400. The van der Waals surface area contributed by atoms with Crippen LogP contribution < -0.4 is 5.32 Å². The number of amides is 1. The first kappa shape index (κ1) is 68.4. The second-order valence-corrected chi connectivity index (χ2v) is 20.7. The summed E-state index contributed by atoms with van der Waals surface area (Å²) >= 11 is 0. The van der Waals surface area contributed by atoms with E-state index >= 15 is 0 Å². The molecule has 1 aliphatic heterocycles. The normalized spacial score (nSPS) is 19.4. The number of rotatable bonds is 51. The second-order valence-electron chi connectivity index (χ2n) is 20.7. The molecule has 1 fully saturated rings. The maximum Gasteiger partial charge on any atom is 0.305 e. The van der Waals surface area contributed by atoms with E-state index in [1.54, 1.807) is 6.08 Å². The van der Waals surface area contributed by atoms with Crippen molar-refractivity contribution in [3.8, 4) is 0 Å². The van der Waals surface area contributed by atoms with Gasteiger partial charge in [0.05, 0.1) is 32.0 Å². The summed E-state index contributed by atoms with van der Waals surface area (Å²) in [6.45, 7) is 4.16. The van der Waals surface area contributed by atoms with Gasteiger partial charge in [0.15, 0.2) is 6.29 Å². The average Bonchev–Trinajstić information content (AvgIpc) is 3.39. The van der Waals surface area contributed by atoms with Crippen molar-refractivity contribution in [2.45, 2.75) is 301 Å². The lowest BCUT2D eigenvalue weighted by Gasteiger charge is -2.40. The van der Waals surface area contributed by atoms with Gasteiger partial charge in [-0.25, -0.2) is 0 Å². The molecule has 11 nitrogen and oxygen atoms in total. The molecular weight excluding hydrogens is 919 g/mol. The SMILES string of the molecule is CCCC/C=C\C/C=C\CCCCCCCC(=O)OCC/C=C\C/C=C\CCCCCCCCCCCCCCCCC(=O)NC(COC1OC(CO)C(O)C(O)C1O)C(O)/C=C/CCCCCCCCCC. The quantitative estimate of drug-likeness (QED) is 0.0195. The maximum absolute atomic E-state index is 13.0. The van der Waals surface area contributed by atoms with E-state index in [0.29, 0.717) is 19.4 Å². The molecule has 0 aromatic rings. The van der Waals surface area contributed by atoms with Gasteiger partial charge in [-0.15, -0.1) is 0 Å². The van der Waals surface area contributed by atoms with Gasteiger partial charge in [0, 0.05) is 12.8 Å². The third-order valence-electron chi connectivity index (χ3n) is 13.9. The molecule has 7 unspecified atom stereocenters. The van der Waals surface area contributed by atoms with Gasteiger partial charge in [0.2, 0.25) is 5.91 Å². The van der Waals surface area contributed by atoms with Crippen LogP contribution in [0.1, 0.15) is 258 Å². The smallest absolute Gasteiger partial charge is 0.305 e. The fourth-order valence-electron chi connectivity index (χ4n) is 9.05. The van der Waals surface area contributed by atoms with Crippen LogP contribution in [0, 0.1) is 0 Å². The van der Waals surface area contributed by atoms with Crippen LogP contribution >= 0.6 is 0 Å². The van der Waals surface area contributed by atoms with E-state index in [2.05, 4.69) is 67.8 Å². The number of hydrogen-bond donors (Lipinski definition) is 6. The number of aliphatic hydroxyl groups excluding tert-OH is 5. The predicted octanol–water partition coefficient (Wildman–Crippen LogP) is 13.8. The van der Waals surface area contributed by atoms with Crippen LogP contribution in [-0.2, 0) is 23.8 Å². The summed E-state index contributed by atoms with van der Waals surface area (Å²) in [4.78, 5) is 25.0. The Balaban J connectivity index is 2.05. The molecule has 1 amide bonds. The summed E-state index contributed by atoms with van der Waals surface area (Å²) in [6.07, 6.45) is 56.2. The molecule has 0 bridgehead atoms. The molecule has 0 aliphatic carbocycles. The van der Waals surface area contributed by atoms with Gasteiger partial charge in [-0.05, 0) is 77.0 Å². The molecule has 7 atom stereocenters. The fraction of sp³-hybridized carbons (Fsp3) is 0.806. The van der Waals surface area contributed by atoms with Crippen molar-refractivity contribution < 1.29 is 49.3 Å². The molecule has 6 N–H and O–H groups in total. The van der Waals surface area contributed by atoms with Gasteiger partial charge in [-0.3, -0.25) is 9.59 Å². The number of hydrogen-bond acceptors (Lipinski definition) is 10. The van der Waals surface area contributed by atoms with Crippen LogP contribution in [0.2, 0.25) is 0 Å². The van der Waals surface area contributed by atoms with E-state index in [9.17, 15) is 35.1 Å². The van der Waals surface area contributed by atoms with Gasteiger partial charge in [-0.2, -0.15) is 0 Å². The summed E-state index contributed by atoms with van der Waals surface area (Å²) in [5.41, 5.74) is 0. The van der Waals surface area contributed by atoms with Gasteiger partial charge < -0.3 is 45.1 Å². The van der Waals surface area contributed by atoms with Crippen molar-refractivity contribution in [2.75, 3.05) is 19.8 Å². The Labute approximate surface area is 446 Å². The number of ether oxygens (including phenoxy) is 3. The topological polar surface area (TPSA) is 175 Å². The fourth-order valence-corrected chi connectivity index (χ4v) is 9.05. The molecule has 0 aromatic heterocycles. The Kier molecular flexibility index (Phi) is 48.2. The molecule has 73 heavy (non-hydrogen) atoms. The van der Waals surface area contributed by atoms with Gasteiger partial charge in [0.25, 0.3) is 0 Å². The Morgan fingerprint density at radius 3 is 1.42 bits per heavy atom. The van der Waals surface area contributed by atoms with Crippen molar-refractivity contribution in [1.29, 1.82) is 0 Å². The molecule has 424 valence electrons. The third-order valence-corrected chi connectivity index (χ3v) is 13.9. The lowest BCUT2D eigenvalue weighted by Crippen LogP contribution is -2.60. The van der Waals surface area contributed by atoms with Gasteiger partial charge in [-0.1, -0.05) is 229 Å². The van der Waals surface area contributed by atoms with Crippen molar-refractivity contribution in [3.05, 3.63) is 60.8 Å². The second kappa shape index (κ2) is 51.5. The highest BCUT2D eigenvalue weighted by molar-refractivity contribution is 5.76. The Morgan fingerprint density at radius 1 is 0.507 bits per heavy atom. The highest BCUT2D eigenvalue weighted by Gasteiger charge is 2.44. The first-order chi connectivity index (χ1) is 35.7. The number of allylic oxidation sites excluding steroid dienone is 8. The summed E-state index contributed by atoms with van der Waals surface area (Å²) in [5.74, 6) is -0.253. The molecule has 1 saturated heterocycles. The molecular formula is C62H111NO10. The Morgan fingerprint density at radius 2 is 0.932 bits per heavy atom. The lowest BCUT2D eigenvalue weighted by atomic mass is 9.99. The van der Waals surface area contributed by atoms with Crippen LogP contribution in [-0.4, -0.2) is 100 Å². The number of aliphatic hydroxyl groups is 5. The number of esters is 1. The first-order valence-electron chi connectivity index (χ1n) is 30.1. The molecule has 0 aromatic carbocycles. The highest BCUT2D eigenvalue weighted by Crippen LogP contribution is 2.23. The van der Waals surface area contributed by atoms with Crippen LogP contribution in [0.5, 0.6) is 0 Å².